The maximum Gasteiger partial charge on any atom is 0.248 e. The van der Waals surface area contributed by atoms with Crippen molar-refractivity contribution in [1.29, 1.82) is 0 Å². The summed E-state index contributed by atoms with van der Waals surface area (Å²) < 4.78 is 0. The molecule has 5 N–H and O–H groups in total. The molecule has 1 amide bonds. The van der Waals surface area contributed by atoms with E-state index in [1.54, 1.807) is 6.07 Å². The molecule has 0 aliphatic heterocycles. The molecule has 0 fully saturated rings. The van der Waals surface area contributed by atoms with Gasteiger partial charge in [0.05, 0.1) is 6.04 Å². The summed E-state index contributed by atoms with van der Waals surface area (Å²) in [4.78, 5) is 11.5. The number of benzene rings is 3. The largest absolute Gasteiger partial charge is 0.399 e. The van der Waals surface area contributed by atoms with E-state index in [1.807, 2.05) is 60.7 Å². The average molecular weight is 331 g/mol. The van der Waals surface area contributed by atoms with Gasteiger partial charge in [0.25, 0.3) is 0 Å². The van der Waals surface area contributed by atoms with Crippen LogP contribution in [-0.4, -0.2) is 5.91 Å². The minimum atomic E-state index is -0.424. The number of carbonyl (C=O) groups excluding carboxylic acids is 1. The molecule has 0 saturated heterocycles. The molecule has 4 nitrogen and oxygen atoms in total. The second-order valence-corrected chi connectivity index (χ2v) is 5.96. The maximum absolute atomic E-state index is 11.5. The fourth-order valence-corrected chi connectivity index (χ4v) is 2.80. The van der Waals surface area contributed by atoms with Gasteiger partial charge in [-0.15, -0.1) is 0 Å². The van der Waals surface area contributed by atoms with Gasteiger partial charge in [-0.05, 0) is 41.0 Å². The van der Waals surface area contributed by atoms with Crippen molar-refractivity contribution in [2.75, 3.05) is 5.73 Å². The summed E-state index contributed by atoms with van der Waals surface area (Å²) in [5, 5.41) is 3.56. The van der Waals surface area contributed by atoms with Gasteiger partial charge in [-0.3, -0.25) is 4.79 Å². The number of rotatable bonds is 6. The molecule has 0 bridgehead atoms. The first kappa shape index (κ1) is 16.7. The first-order chi connectivity index (χ1) is 12.1. The minimum Gasteiger partial charge on any atom is -0.399 e. The fraction of sp³-hybridized carbons (Fsp3) is 0.0952. The van der Waals surface area contributed by atoms with Crippen LogP contribution in [0, 0.1) is 0 Å². The quantitative estimate of drug-likeness (QED) is 0.607. The van der Waals surface area contributed by atoms with E-state index in [9.17, 15) is 4.79 Å². The Bertz CT molecular complexity index is 845. The van der Waals surface area contributed by atoms with Crippen molar-refractivity contribution in [2.24, 2.45) is 5.73 Å². The number of nitrogen functional groups attached to an aromatic ring is 1. The van der Waals surface area contributed by atoms with Gasteiger partial charge in [-0.25, -0.2) is 0 Å². The number of primary amides is 1. The molecule has 0 heterocycles. The van der Waals surface area contributed by atoms with Gasteiger partial charge in [0, 0.05) is 17.8 Å². The molecule has 1 atom stereocenters. The number of anilines is 1. The van der Waals surface area contributed by atoms with E-state index in [1.165, 1.54) is 0 Å². The van der Waals surface area contributed by atoms with Crippen LogP contribution in [0.1, 0.15) is 33.1 Å². The number of carbonyl (C=O) groups is 1. The van der Waals surface area contributed by atoms with Gasteiger partial charge in [-0.2, -0.15) is 0 Å². The second kappa shape index (κ2) is 7.64. The Morgan fingerprint density at radius 1 is 0.880 bits per heavy atom. The first-order valence-corrected chi connectivity index (χ1v) is 8.16. The van der Waals surface area contributed by atoms with Crippen LogP contribution in [0.15, 0.2) is 78.9 Å². The lowest BCUT2D eigenvalue weighted by Crippen LogP contribution is -2.22. The summed E-state index contributed by atoms with van der Waals surface area (Å²) in [6, 6.07) is 25.3. The summed E-state index contributed by atoms with van der Waals surface area (Å²) in [6.45, 7) is 0.681. The van der Waals surface area contributed by atoms with Crippen LogP contribution in [0.25, 0.3) is 0 Å². The minimum absolute atomic E-state index is 0.0435. The Balaban J connectivity index is 1.89. The van der Waals surface area contributed by atoms with Crippen molar-refractivity contribution in [3.63, 3.8) is 0 Å². The molecule has 1 unspecified atom stereocenters. The highest BCUT2D eigenvalue weighted by Gasteiger charge is 2.15. The summed E-state index contributed by atoms with van der Waals surface area (Å²) >= 11 is 0. The van der Waals surface area contributed by atoms with E-state index in [2.05, 4.69) is 17.4 Å². The summed E-state index contributed by atoms with van der Waals surface area (Å²) in [5.41, 5.74) is 15.7. The number of nitrogens with one attached hydrogen (secondary N) is 1. The third kappa shape index (κ3) is 4.25. The molecule has 0 radical (unpaired) electrons. The topological polar surface area (TPSA) is 81.1 Å². The van der Waals surface area contributed by atoms with Crippen molar-refractivity contribution >= 4 is 11.6 Å². The molecule has 0 aromatic heterocycles. The van der Waals surface area contributed by atoms with Gasteiger partial charge < -0.3 is 16.8 Å². The lowest BCUT2D eigenvalue weighted by atomic mass is 9.96. The molecule has 3 aromatic rings. The first-order valence-electron chi connectivity index (χ1n) is 8.16. The molecular weight excluding hydrogens is 310 g/mol. The van der Waals surface area contributed by atoms with Crippen LogP contribution in [0.2, 0.25) is 0 Å². The molecule has 0 aliphatic rings. The van der Waals surface area contributed by atoms with Crippen LogP contribution in [0.5, 0.6) is 0 Å². The average Bonchev–Trinajstić information content (AvgIpc) is 2.64. The molecule has 0 spiro atoms. The molecular formula is C21H21N3O. The van der Waals surface area contributed by atoms with E-state index in [-0.39, 0.29) is 6.04 Å². The highest BCUT2D eigenvalue weighted by atomic mass is 16.1. The van der Waals surface area contributed by atoms with E-state index < -0.39 is 5.91 Å². The third-order valence-corrected chi connectivity index (χ3v) is 4.13. The summed E-state index contributed by atoms with van der Waals surface area (Å²) in [6.07, 6.45) is 0. The van der Waals surface area contributed by atoms with Gasteiger partial charge in [0.1, 0.15) is 0 Å². The predicted octanol–water partition coefficient (Wildman–Crippen LogP) is 3.25. The molecule has 3 rings (SSSR count). The zero-order valence-corrected chi connectivity index (χ0v) is 13.9. The van der Waals surface area contributed by atoms with Crippen molar-refractivity contribution in [2.45, 2.75) is 12.6 Å². The summed E-state index contributed by atoms with van der Waals surface area (Å²) in [5.74, 6) is -0.424. The SMILES string of the molecule is NC(=O)c1cccc(C(NCc2ccc(N)cc2)c2ccccc2)c1. The number of hydrogen-bond donors (Lipinski definition) is 3. The van der Waals surface area contributed by atoms with E-state index >= 15 is 0 Å². The fourth-order valence-electron chi connectivity index (χ4n) is 2.80. The van der Waals surface area contributed by atoms with Crippen LogP contribution >= 0.6 is 0 Å². The monoisotopic (exact) mass is 331 g/mol. The molecule has 25 heavy (non-hydrogen) atoms. The highest BCUT2D eigenvalue weighted by Crippen LogP contribution is 2.23. The maximum atomic E-state index is 11.5. The Morgan fingerprint density at radius 2 is 1.56 bits per heavy atom. The van der Waals surface area contributed by atoms with Crippen molar-refractivity contribution < 1.29 is 4.79 Å². The Morgan fingerprint density at radius 3 is 2.24 bits per heavy atom. The zero-order chi connectivity index (χ0) is 17.6. The van der Waals surface area contributed by atoms with Crippen molar-refractivity contribution in [3.05, 3.63) is 101 Å². The lowest BCUT2D eigenvalue weighted by Gasteiger charge is -2.20. The zero-order valence-electron chi connectivity index (χ0n) is 13.9. The van der Waals surface area contributed by atoms with Gasteiger partial charge in [-0.1, -0.05) is 54.6 Å². The Kier molecular flexibility index (Phi) is 5.11. The van der Waals surface area contributed by atoms with Gasteiger partial charge in [0.2, 0.25) is 5.91 Å². The Labute approximate surface area is 147 Å². The van der Waals surface area contributed by atoms with E-state index in [0.29, 0.717) is 12.1 Å². The normalized spacial score (nSPS) is 11.8. The standard InChI is InChI=1S/C21H21N3O/c22-19-11-9-15(10-12-19)14-24-20(16-5-2-1-3-6-16)17-7-4-8-18(13-17)21(23)25/h1-13,20,24H,14,22H2,(H2,23,25). The smallest absolute Gasteiger partial charge is 0.248 e. The van der Waals surface area contributed by atoms with Crippen molar-refractivity contribution in [1.82, 2.24) is 5.32 Å². The van der Waals surface area contributed by atoms with Gasteiger partial charge in [0.15, 0.2) is 0 Å². The molecule has 0 aliphatic carbocycles. The van der Waals surface area contributed by atoms with Crippen LogP contribution < -0.4 is 16.8 Å². The Hall–Kier alpha value is -3.11. The number of amides is 1. The molecule has 126 valence electrons. The van der Waals surface area contributed by atoms with Gasteiger partial charge >= 0.3 is 0 Å². The van der Waals surface area contributed by atoms with Crippen LogP contribution in [0.4, 0.5) is 5.69 Å². The number of nitrogens with two attached hydrogens (primary N) is 2. The number of hydrogen-bond acceptors (Lipinski definition) is 3. The summed E-state index contributed by atoms with van der Waals surface area (Å²) in [7, 11) is 0. The van der Waals surface area contributed by atoms with Crippen LogP contribution in [0.3, 0.4) is 0 Å². The van der Waals surface area contributed by atoms with E-state index in [0.717, 1.165) is 22.4 Å². The molecule has 0 saturated carbocycles. The molecule has 4 heteroatoms. The lowest BCUT2D eigenvalue weighted by molar-refractivity contribution is 0.1000. The predicted molar refractivity (Wildman–Crippen MR) is 101 cm³/mol. The van der Waals surface area contributed by atoms with E-state index in [4.69, 9.17) is 11.5 Å². The third-order valence-electron chi connectivity index (χ3n) is 4.13. The second-order valence-electron chi connectivity index (χ2n) is 5.96. The van der Waals surface area contributed by atoms with Crippen molar-refractivity contribution in [3.8, 4) is 0 Å². The highest BCUT2D eigenvalue weighted by molar-refractivity contribution is 5.92. The van der Waals surface area contributed by atoms with Crippen LogP contribution in [-0.2, 0) is 6.54 Å². The molecule has 3 aromatic carbocycles.